The highest BCUT2D eigenvalue weighted by Crippen LogP contribution is 2.43. The summed E-state index contributed by atoms with van der Waals surface area (Å²) in [6, 6.07) is 12.0. The zero-order chi connectivity index (χ0) is 30.3. The molecule has 2 aromatic heterocycles. The SMILES string of the molecule is COc1cc(C)c2c(ccn2C(=O)OC(C)(C)C)c1C(C)(O)c1nc2ccc(C#N)cc2n1COCC[Si](C)(C)C. The predicted octanol–water partition coefficient (Wildman–Crippen LogP) is 6.53. The summed E-state index contributed by atoms with van der Waals surface area (Å²) in [6.45, 7) is 16.6. The molecule has 0 radical (unpaired) electrons. The summed E-state index contributed by atoms with van der Waals surface area (Å²) in [5.41, 5.74) is 1.29. The summed E-state index contributed by atoms with van der Waals surface area (Å²) in [5.74, 6) is 0.793. The van der Waals surface area contributed by atoms with Gasteiger partial charge in [-0.05, 0) is 76.6 Å². The zero-order valence-electron chi connectivity index (χ0n) is 25.5. The van der Waals surface area contributed by atoms with Gasteiger partial charge in [-0.2, -0.15) is 5.26 Å². The highest BCUT2D eigenvalue weighted by atomic mass is 28.3. The molecular formula is C31H40N4O5Si. The van der Waals surface area contributed by atoms with Crippen molar-refractivity contribution in [3.05, 3.63) is 59.0 Å². The average molecular weight is 577 g/mol. The van der Waals surface area contributed by atoms with E-state index in [1.54, 1.807) is 50.6 Å². The van der Waals surface area contributed by atoms with Crippen molar-refractivity contribution in [1.29, 1.82) is 5.26 Å². The maximum atomic E-state index is 13.1. The van der Waals surface area contributed by atoms with Gasteiger partial charge in [0.1, 0.15) is 29.5 Å². The molecule has 1 unspecified atom stereocenters. The Kier molecular flexibility index (Phi) is 8.11. The molecule has 0 aliphatic carbocycles. The summed E-state index contributed by atoms with van der Waals surface area (Å²) in [7, 11) is 0.228. The Morgan fingerprint density at radius 2 is 1.85 bits per heavy atom. The number of aliphatic hydroxyl groups is 1. The maximum absolute atomic E-state index is 13.1. The lowest BCUT2D eigenvalue weighted by atomic mass is 9.89. The third-order valence-electron chi connectivity index (χ3n) is 6.95. The number of nitriles is 1. The molecule has 9 nitrogen and oxygen atoms in total. The van der Waals surface area contributed by atoms with Gasteiger partial charge in [-0.1, -0.05) is 19.6 Å². The molecule has 4 rings (SSSR count). The molecule has 218 valence electrons. The van der Waals surface area contributed by atoms with Gasteiger partial charge in [0, 0.05) is 31.8 Å². The zero-order valence-corrected chi connectivity index (χ0v) is 26.5. The van der Waals surface area contributed by atoms with Crippen LogP contribution in [0.5, 0.6) is 5.75 Å². The highest BCUT2D eigenvalue weighted by molar-refractivity contribution is 6.76. The molecule has 0 aliphatic rings. The van der Waals surface area contributed by atoms with E-state index in [0.717, 1.165) is 11.6 Å². The minimum absolute atomic E-state index is 0.150. The summed E-state index contributed by atoms with van der Waals surface area (Å²) in [6.07, 6.45) is 1.13. The Hall–Kier alpha value is -3.65. The smallest absolute Gasteiger partial charge is 0.419 e. The highest BCUT2D eigenvalue weighted by Gasteiger charge is 2.38. The van der Waals surface area contributed by atoms with Crippen LogP contribution in [0.3, 0.4) is 0 Å². The van der Waals surface area contributed by atoms with Gasteiger partial charge in [-0.25, -0.2) is 9.78 Å². The Balaban J connectivity index is 1.91. The second-order valence-electron chi connectivity index (χ2n) is 12.8. The summed E-state index contributed by atoms with van der Waals surface area (Å²) < 4.78 is 20.8. The van der Waals surface area contributed by atoms with E-state index in [9.17, 15) is 15.2 Å². The van der Waals surface area contributed by atoms with Crippen molar-refractivity contribution < 1.29 is 24.1 Å². The van der Waals surface area contributed by atoms with Crippen LogP contribution in [-0.2, 0) is 21.8 Å². The largest absolute Gasteiger partial charge is 0.496 e. The Labute approximate surface area is 242 Å². The number of imidazole rings is 1. The molecule has 0 bridgehead atoms. The molecule has 2 aromatic carbocycles. The van der Waals surface area contributed by atoms with Crippen LogP contribution in [0.4, 0.5) is 4.79 Å². The topological polar surface area (TPSA) is 112 Å². The number of hydrogen-bond donors (Lipinski definition) is 1. The summed E-state index contributed by atoms with van der Waals surface area (Å²) >= 11 is 0. The monoisotopic (exact) mass is 576 g/mol. The lowest BCUT2D eigenvalue weighted by Crippen LogP contribution is -2.30. The molecule has 0 saturated heterocycles. The van der Waals surface area contributed by atoms with E-state index < -0.39 is 25.4 Å². The van der Waals surface area contributed by atoms with Gasteiger partial charge < -0.3 is 23.9 Å². The van der Waals surface area contributed by atoms with Crippen LogP contribution in [-0.4, -0.2) is 52.7 Å². The maximum Gasteiger partial charge on any atom is 0.419 e. The molecule has 0 spiro atoms. The van der Waals surface area contributed by atoms with Gasteiger partial charge >= 0.3 is 6.09 Å². The van der Waals surface area contributed by atoms with E-state index in [0.29, 0.717) is 51.2 Å². The van der Waals surface area contributed by atoms with E-state index >= 15 is 0 Å². The number of aryl methyl sites for hydroxylation is 1. The fourth-order valence-electron chi connectivity index (χ4n) is 4.97. The van der Waals surface area contributed by atoms with Crippen LogP contribution < -0.4 is 4.74 Å². The number of aromatic nitrogens is 3. The number of benzene rings is 2. The van der Waals surface area contributed by atoms with Crippen molar-refractivity contribution in [2.45, 2.75) is 78.2 Å². The third-order valence-corrected chi connectivity index (χ3v) is 8.65. The van der Waals surface area contributed by atoms with E-state index in [1.807, 2.05) is 32.3 Å². The van der Waals surface area contributed by atoms with Crippen molar-refractivity contribution in [2.24, 2.45) is 0 Å². The first kappa shape index (κ1) is 30.3. The van der Waals surface area contributed by atoms with Crippen LogP contribution in [0, 0.1) is 18.3 Å². The standard InChI is InChI=1S/C31H40N4O5Si/c1-20-16-25(38-6)26(22-12-13-34(27(20)22)29(36)40-30(2,3)4)31(5,37)28-33-23-11-10-21(18-32)17-24(23)35(28)19-39-14-15-41(7,8)9/h10-13,16-17,37H,14-15,19H2,1-9H3. The Morgan fingerprint density at radius 3 is 2.46 bits per heavy atom. The molecule has 0 aliphatic heterocycles. The molecule has 10 heteroatoms. The molecule has 0 fully saturated rings. The molecule has 1 N–H and O–H groups in total. The summed E-state index contributed by atoms with van der Waals surface area (Å²) in [4.78, 5) is 17.9. The molecule has 4 aromatic rings. The van der Waals surface area contributed by atoms with Crippen molar-refractivity contribution in [3.8, 4) is 11.8 Å². The Morgan fingerprint density at radius 1 is 1.15 bits per heavy atom. The molecule has 0 saturated carbocycles. The molecule has 1 atom stereocenters. The first-order valence-corrected chi connectivity index (χ1v) is 17.4. The van der Waals surface area contributed by atoms with Crippen molar-refractivity contribution in [1.82, 2.24) is 14.1 Å². The summed E-state index contributed by atoms with van der Waals surface area (Å²) in [5, 5.41) is 22.6. The number of nitrogens with zero attached hydrogens (tertiary/aromatic N) is 4. The number of carbonyl (C=O) groups excluding carboxylic acids is 1. The van der Waals surface area contributed by atoms with Crippen molar-refractivity contribution in [3.63, 3.8) is 0 Å². The number of ether oxygens (including phenoxy) is 3. The number of rotatable bonds is 8. The normalized spacial score (nSPS) is 13.8. The first-order valence-electron chi connectivity index (χ1n) is 13.7. The third kappa shape index (κ3) is 6.17. The van der Waals surface area contributed by atoms with Gasteiger partial charge in [-0.15, -0.1) is 0 Å². The molecule has 41 heavy (non-hydrogen) atoms. The van der Waals surface area contributed by atoms with Crippen molar-refractivity contribution in [2.75, 3.05) is 13.7 Å². The van der Waals surface area contributed by atoms with Crippen LogP contribution in [0.25, 0.3) is 21.9 Å². The van der Waals surface area contributed by atoms with Gasteiger partial charge in [-0.3, -0.25) is 4.57 Å². The van der Waals surface area contributed by atoms with Gasteiger partial charge in [0.2, 0.25) is 0 Å². The lowest BCUT2D eigenvalue weighted by Gasteiger charge is -2.28. The van der Waals surface area contributed by atoms with Crippen molar-refractivity contribution >= 4 is 36.1 Å². The van der Waals surface area contributed by atoms with E-state index in [1.165, 1.54) is 4.57 Å². The molecule has 0 amide bonds. The van der Waals surface area contributed by atoms with Crippen LogP contribution in [0.15, 0.2) is 36.5 Å². The quantitative estimate of drug-likeness (QED) is 0.187. The predicted molar refractivity (Wildman–Crippen MR) is 162 cm³/mol. The lowest BCUT2D eigenvalue weighted by molar-refractivity contribution is 0.0541. The number of carbonyl (C=O) groups is 1. The number of methoxy groups -OCH3 is 1. The first-order chi connectivity index (χ1) is 19.1. The van der Waals surface area contributed by atoms with E-state index in [4.69, 9.17) is 19.2 Å². The second kappa shape index (κ2) is 11.0. The molecular weight excluding hydrogens is 536 g/mol. The number of hydrogen-bond acceptors (Lipinski definition) is 7. The second-order valence-corrected chi connectivity index (χ2v) is 18.4. The Bertz CT molecular complexity index is 1650. The van der Waals surface area contributed by atoms with E-state index in [-0.39, 0.29) is 6.73 Å². The average Bonchev–Trinajstić information content (AvgIpc) is 3.47. The van der Waals surface area contributed by atoms with Gasteiger partial charge in [0.05, 0.1) is 35.3 Å². The van der Waals surface area contributed by atoms with Gasteiger partial charge in [0.25, 0.3) is 0 Å². The van der Waals surface area contributed by atoms with Crippen LogP contribution >= 0.6 is 0 Å². The number of fused-ring (bicyclic) bond motifs is 2. The minimum atomic E-state index is -1.68. The van der Waals surface area contributed by atoms with Crippen LogP contribution in [0.2, 0.25) is 25.7 Å². The fourth-order valence-corrected chi connectivity index (χ4v) is 5.73. The van der Waals surface area contributed by atoms with Gasteiger partial charge in [0.15, 0.2) is 0 Å². The molecule has 2 heterocycles. The van der Waals surface area contributed by atoms with Crippen LogP contribution in [0.1, 0.15) is 50.2 Å². The minimum Gasteiger partial charge on any atom is -0.496 e. The fraction of sp³-hybridized carbons (Fsp3) is 0.452. The van der Waals surface area contributed by atoms with E-state index in [2.05, 4.69) is 25.7 Å².